The number of benzene rings is 1. The molecule has 1 fully saturated rings. The van der Waals surface area contributed by atoms with E-state index in [-0.39, 0.29) is 0 Å². The summed E-state index contributed by atoms with van der Waals surface area (Å²) in [5, 5.41) is 2.26. The normalized spacial score (nSPS) is 24.1. The molecule has 2 atom stereocenters. The summed E-state index contributed by atoms with van der Waals surface area (Å²) in [7, 11) is 0. The van der Waals surface area contributed by atoms with Crippen molar-refractivity contribution < 1.29 is 0 Å². The van der Waals surface area contributed by atoms with Crippen molar-refractivity contribution in [3.8, 4) is 0 Å². The molecule has 0 aliphatic carbocycles. The Hall–Kier alpha value is -1.33. The van der Waals surface area contributed by atoms with Gasteiger partial charge in [0.05, 0.1) is 12.1 Å². The number of para-hydroxylation sites is 1. The van der Waals surface area contributed by atoms with Gasteiger partial charge in [-0.25, -0.2) is 9.97 Å². The topological polar surface area (TPSA) is 55.0 Å². The number of anilines is 1. The van der Waals surface area contributed by atoms with Crippen LogP contribution in [-0.4, -0.2) is 38.5 Å². The third-order valence-corrected chi connectivity index (χ3v) is 4.77. The molecule has 2 aromatic rings. The van der Waals surface area contributed by atoms with Crippen molar-refractivity contribution in [1.29, 1.82) is 0 Å². The summed E-state index contributed by atoms with van der Waals surface area (Å²) in [5.74, 6) is 1.41. The first kappa shape index (κ1) is 13.6. The molecule has 1 aliphatic rings. The molecule has 1 saturated heterocycles. The fourth-order valence-electron chi connectivity index (χ4n) is 2.84. The van der Waals surface area contributed by atoms with Gasteiger partial charge in [0.1, 0.15) is 11.6 Å². The first-order valence-electron chi connectivity index (χ1n) is 7.01. The van der Waals surface area contributed by atoms with Crippen molar-refractivity contribution >= 4 is 28.5 Å². The molecule has 1 aromatic heterocycles. The average molecular weight is 288 g/mol. The number of rotatable bonds is 2. The van der Waals surface area contributed by atoms with Crippen LogP contribution in [0.15, 0.2) is 24.3 Å². The quantitative estimate of drug-likeness (QED) is 0.920. The van der Waals surface area contributed by atoms with E-state index in [1.165, 1.54) is 0 Å². The second kappa shape index (κ2) is 5.58. The van der Waals surface area contributed by atoms with Crippen molar-refractivity contribution in [3.05, 3.63) is 30.1 Å². The monoisotopic (exact) mass is 288 g/mol. The zero-order valence-corrected chi connectivity index (χ0v) is 12.7. The summed E-state index contributed by atoms with van der Waals surface area (Å²) in [6.07, 6.45) is 0. The predicted octanol–water partition coefficient (Wildman–Crippen LogP) is 2.54. The Bertz CT molecular complexity index is 606. The first-order valence-corrected chi connectivity index (χ1v) is 7.95. The molecule has 1 aliphatic heterocycles. The molecule has 0 amide bonds. The van der Waals surface area contributed by atoms with Gasteiger partial charge in [-0.2, -0.15) is 11.8 Å². The van der Waals surface area contributed by atoms with Gasteiger partial charge < -0.3 is 5.73 Å². The smallest absolute Gasteiger partial charge is 0.145 e. The lowest BCUT2D eigenvalue weighted by Gasteiger charge is -2.34. The Balaban J connectivity index is 1.84. The maximum atomic E-state index is 6.04. The highest BCUT2D eigenvalue weighted by molar-refractivity contribution is 8.00. The van der Waals surface area contributed by atoms with Crippen LogP contribution < -0.4 is 5.73 Å². The van der Waals surface area contributed by atoms with E-state index in [4.69, 9.17) is 5.73 Å². The van der Waals surface area contributed by atoms with Gasteiger partial charge in [-0.3, -0.25) is 4.90 Å². The molecular weight excluding hydrogens is 268 g/mol. The summed E-state index contributed by atoms with van der Waals surface area (Å²) >= 11 is 2.05. The van der Waals surface area contributed by atoms with Crippen molar-refractivity contribution in [1.82, 2.24) is 14.9 Å². The molecule has 1 aromatic carbocycles. The van der Waals surface area contributed by atoms with Gasteiger partial charge in [-0.05, 0) is 12.1 Å². The Morgan fingerprint density at radius 2 is 1.90 bits per heavy atom. The van der Waals surface area contributed by atoms with Gasteiger partial charge in [0.2, 0.25) is 0 Å². The Kier molecular flexibility index (Phi) is 3.81. The molecule has 2 N–H and O–H groups in total. The van der Waals surface area contributed by atoms with Gasteiger partial charge >= 0.3 is 0 Å². The summed E-state index contributed by atoms with van der Waals surface area (Å²) in [5.41, 5.74) is 6.98. The fraction of sp³-hybridized carbons (Fsp3) is 0.467. The van der Waals surface area contributed by atoms with Gasteiger partial charge in [0, 0.05) is 29.0 Å². The lowest BCUT2D eigenvalue weighted by molar-refractivity contribution is 0.257. The molecule has 20 heavy (non-hydrogen) atoms. The largest absolute Gasteiger partial charge is 0.383 e. The zero-order valence-electron chi connectivity index (χ0n) is 11.9. The number of fused-ring (bicyclic) bond motifs is 1. The molecule has 3 rings (SSSR count). The molecule has 4 nitrogen and oxygen atoms in total. The van der Waals surface area contributed by atoms with Crippen LogP contribution in [0.4, 0.5) is 5.82 Å². The number of thioether (sulfide) groups is 1. The first-order chi connectivity index (χ1) is 9.61. The van der Waals surface area contributed by atoms with E-state index in [9.17, 15) is 0 Å². The van der Waals surface area contributed by atoms with Gasteiger partial charge in [0.15, 0.2) is 0 Å². The van der Waals surface area contributed by atoms with Crippen LogP contribution in [0, 0.1) is 0 Å². The minimum Gasteiger partial charge on any atom is -0.383 e. The van der Waals surface area contributed by atoms with E-state index >= 15 is 0 Å². The van der Waals surface area contributed by atoms with Gasteiger partial charge in [-0.1, -0.05) is 26.0 Å². The van der Waals surface area contributed by atoms with Crippen LogP contribution in [0.3, 0.4) is 0 Å². The SMILES string of the molecule is C[C@H]1CN(Cc2nc(N)c3ccccc3n2)C[C@H](C)S1. The fourth-order valence-corrected chi connectivity index (χ4v) is 4.22. The minimum atomic E-state index is 0.582. The van der Waals surface area contributed by atoms with E-state index in [1.54, 1.807) is 0 Å². The summed E-state index contributed by atoms with van der Waals surface area (Å²) in [4.78, 5) is 11.5. The van der Waals surface area contributed by atoms with Crippen molar-refractivity contribution in [2.24, 2.45) is 0 Å². The molecule has 0 saturated carbocycles. The van der Waals surface area contributed by atoms with Gasteiger partial charge in [-0.15, -0.1) is 0 Å². The van der Waals surface area contributed by atoms with Crippen LogP contribution in [0.2, 0.25) is 0 Å². The predicted molar refractivity (Wildman–Crippen MR) is 85.7 cm³/mol. The summed E-state index contributed by atoms with van der Waals surface area (Å²) in [6.45, 7) is 7.52. The molecule has 0 bridgehead atoms. The molecule has 0 unspecified atom stereocenters. The molecule has 106 valence electrons. The highest BCUT2D eigenvalue weighted by atomic mass is 32.2. The minimum absolute atomic E-state index is 0.582. The number of aromatic nitrogens is 2. The molecule has 0 radical (unpaired) electrons. The maximum absolute atomic E-state index is 6.04. The third-order valence-electron chi connectivity index (χ3n) is 3.54. The maximum Gasteiger partial charge on any atom is 0.145 e. The van der Waals surface area contributed by atoms with E-state index in [1.807, 2.05) is 24.3 Å². The second-order valence-electron chi connectivity index (χ2n) is 5.49. The van der Waals surface area contributed by atoms with Crippen LogP contribution in [0.5, 0.6) is 0 Å². The van der Waals surface area contributed by atoms with Crippen LogP contribution in [0.25, 0.3) is 10.9 Å². The summed E-state index contributed by atoms with van der Waals surface area (Å²) < 4.78 is 0. The van der Waals surface area contributed by atoms with Crippen molar-refractivity contribution in [2.75, 3.05) is 18.8 Å². The molecule has 2 heterocycles. The van der Waals surface area contributed by atoms with E-state index in [2.05, 4.69) is 40.5 Å². The van der Waals surface area contributed by atoms with E-state index < -0.39 is 0 Å². The van der Waals surface area contributed by atoms with E-state index in [0.29, 0.717) is 16.3 Å². The average Bonchev–Trinajstić information content (AvgIpc) is 2.37. The number of hydrogen-bond acceptors (Lipinski definition) is 5. The van der Waals surface area contributed by atoms with Crippen LogP contribution in [0.1, 0.15) is 19.7 Å². The highest BCUT2D eigenvalue weighted by Gasteiger charge is 2.23. The van der Waals surface area contributed by atoms with Crippen molar-refractivity contribution in [3.63, 3.8) is 0 Å². The Morgan fingerprint density at radius 1 is 1.20 bits per heavy atom. The molecule has 5 heteroatoms. The van der Waals surface area contributed by atoms with Crippen molar-refractivity contribution in [2.45, 2.75) is 30.9 Å². The van der Waals surface area contributed by atoms with Crippen LogP contribution >= 0.6 is 11.8 Å². The Labute approximate surface area is 123 Å². The summed E-state index contributed by atoms with van der Waals surface area (Å²) in [6, 6.07) is 7.91. The number of nitrogens with zero attached hydrogens (tertiary/aromatic N) is 3. The standard InChI is InChI=1S/C15H20N4S/c1-10-7-19(8-11(2)20-10)9-14-17-13-6-4-3-5-12(13)15(16)18-14/h3-6,10-11H,7-9H2,1-2H3,(H2,16,17,18)/t10-,11-/m0/s1. The molecular formula is C15H20N4S. The Morgan fingerprint density at radius 3 is 2.65 bits per heavy atom. The number of hydrogen-bond donors (Lipinski definition) is 1. The lowest BCUT2D eigenvalue weighted by Crippen LogP contribution is -2.40. The second-order valence-corrected chi connectivity index (χ2v) is 7.38. The zero-order chi connectivity index (χ0) is 14.1. The number of nitrogens with two attached hydrogens (primary N) is 1. The molecule has 0 spiro atoms. The number of nitrogen functional groups attached to an aromatic ring is 1. The third kappa shape index (κ3) is 2.88. The van der Waals surface area contributed by atoms with Gasteiger partial charge in [0.25, 0.3) is 0 Å². The lowest BCUT2D eigenvalue weighted by atomic mass is 10.2. The highest BCUT2D eigenvalue weighted by Crippen LogP contribution is 2.26. The van der Waals surface area contributed by atoms with Crippen LogP contribution in [-0.2, 0) is 6.54 Å². The van der Waals surface area contributed by atoms with E-state index in [0.717, 1.165) is 36.4 Å².